The SMILES string of the molecule is COCCNC(=O)CC1=CSC2=NC(C)=C(C(=O)OC)C(c3ccc(OCc4ccccc4)c(OC)c3)N12. The van der Waals surface area contributed by atoms with E-state index in [2.05, 4.69) is 10.3 Å². The number of fused-ring (bicyclic) bond motifs is 1. The fourth-order valence-electron chi connectivity index (χ4n) is 4.28. The number of amides is 1. The van der Waals surface area contributed by atoms with Crippen LogP contribution < -0.4 is 14.8 Å². The maximum absolute atomic E-state index is 13.0. The van der Waals surface area contributed by atoms with Gasteiger partial charge < -0.3 is 29.2 Å². The van der Waals surface area contributed by atoms with Gasteiger partial charge in [-0.1, -0.05) is 48.2 Å². The molecule has 4 rings (SSSR count). The maximum Gasteiger partial charge on any atom is 0.338 e. The zero-order chi connectivity index (χ0) is 27.1. The van der Waals surface area contributed by atoms with E-state index in [1.165, 1.54) is 18.9 Å². The molecule has 2 heterocycles. The number of methoxy groups -OCH3 is 3. The average Bonchev–Trinajstić information content (AvgIpc) is 3.32. The third kappa shape index (κ3) is 6.03. The first-order valence-electron chi connectivity index (χ1n) is 12.1. The average molecular weight is 538 g/mol. The van der Waals surface area contributed by atoms with Gasteiger partial charge in [0.15, 0.2) is 16.7 Å². The Morgan fingerprint density at radius 1 is 1.08 bits per heavy atom. The topological polar surface area (TPSA) is 98.7 Å². The lowest BCUT2D eigenvalue weighted by molar-refractivity contribution is -0.136. The number of carbonyl (C=O) groups excluding carboxylic acids is 2. The summed E-state index contributed by atoms with van der Waals surface area (Å²) in [7, 11) is 4.50. The molecule has 2 aromatic rings. The Hall–Kier alpha value is -3.76. The molecule has 2 aliphatic heterocycles. The van der Waals surface area contributed by atoms with Crippen molar-refractivity contribution in [3.63, 3.8) is 0 Å². The zero-order valence-corrected chi connectivity index (χ0v) is 22.7. The van der Waals surface area contributed by atoms with Crippen molar-refractivity contribution in [1.82, 2.24) is 10.2 Å². The summed E-state index contributed by atoms with van der Waals surface area (Å²) in [5, 5.41) is 5.42. The largest absolute Gasteiger partial charge is 0.493 e. The number of nitrogens with zero attached hydrogens (tertiary/aromatic N) is 2. The molecule has 0 bridgehead atoms. The van der Waals surface area contributed by atoms with Gasteiger partial charge in [-0.2, -0.15) is 0 Å². The summed E-state index contributed by atoms with van der Waals surface area (Å²) in [5.41, 5.74) is 3.48. The van der Waals surface area contributed by atoms with Crippen LogP contribution in [-0.4, -0.2) is 56.4 Å². The van der Waals surface area contributed by atoms with E-state index in [4.69, 9.17) is 18.9 Å². The van der Waals surface area contributed by atoms with Gasteiger partial charge in [-0.25, -0.2) is 9.79 Å². The van der Waals surface area contributed by atoms with Crippen molar-refractivity contribution in [3.8, 4) is 11.5 Å². The Labute approximate surface area is 226 Å². The lowest BCUT2D eigenvalue weighted by Gasteiger charge is -2.36. The van der Waals surface area contributed by atoms with E-state index < -0.39 is 12.0 Å². The molecule has 9 nitrogen and oxygen atoms in total. The first-order valence-corrected chi connectivity index (χ1v) is 13.0. The second kappa shape index (κ2) is 12.7. The van der Waals surface area contributed by atoms with E-state index in [0.29, 0.717) is 47.7 Å². The molecule has 1 atom stereocenters. The van der Waals surface area contributed by atoms with Gasteiger partial charge in [0.05, 0.1) is 44.6 Å². The molecule has 1 N–H and O–H groups in total. The molecule has 2 aromatic carbocycles. The quantitative estimate of drug-likeness (QED) is 0.337. The van der Waals surface area contributed by atoms with Gasteiger partial charge in [0.1, 0.15) is 6.61 Å². The third-order valence-corrected chi connectivity index (χ3v) is 7.01. The number of rotatable bonds is 11. The molecule has 2 aliphatic rings. The number of allylic oxidation sites excluding steroid dienone is 1. The summed E-state index contributed by atoms with van der Waals surface area (Å²) >= 11 is 1.41. The molecule has 0 aromatic heterocycles. The second-order valence-electron chi connectivity index (χ2n) is 8.59. The van der Waals surface area contributed by atoms with E-state index in [1.54, 1.807) is 21.1 Å². The molecule has 0 saturated carbocycles. The number of aliphatic imine (C=N–C) groups is 1. The van der Waals surface area contributed by atoms with Crippen LogP contribution >= 0.6 is 11.8 Å². The van der Waals surface area contributed by atoms with Gasteiger partial charge >= 0.3 is 5.97 Å². The van der Waals surface area contributed by atoms with Crippen LogP contribution in [0.1, 0.15) is 30.5 Å². The number of nitrogens with one attached hydrogen (secondary N) is 1. The van der Waals surface area contributed by atoms with E-state index in [1.807, 2.05) is 58.8 Å². The Balaban J connectivity index is 1.66. The van der Waals surface area contributed by atoms with Crippen LogP contribution in [0.3, 0.4) is 0 Å². The van der Waals surface area contributed by atoms with E-state index in [0.717, 1.165) is 16.8 Å². The highest BCUT2D eigenvalue weighted by atomic mass is 32.2. The van der Waals surface area contributed by atoms with Gasteiger partial charge in [-0.15, -0.1) is 0 Å². The molecular formula is C28H31N3O6S. The number of amidine groups is 1. The van der Waals surface area contributed by atoms with Crippen LogP contribution in [0, 0.1) is 0 Å². The van der Waals surface area contributed by atoms with Crippen molar-refractivity contribution in [2.45, 2.75) is 26.0 Å². The molecule has 0 saturated heterocycles. The van der Waals surface area contributed by atoms with Gasteiger partial charge in [-0.3, -0.25) is 4.79 Å². The van der Waals surface area contributed by atoms with Gasteiger partial charge in [-0.05, 0) is 35.6 Å². The number of thioether (sulfide) groups is 1. The van der Waals surface area contributed by atoms with E-state index >= 15 is 0 Å². The lowest BCUT2D eigenvalue weighted by atomic mass is 9.93. The lowest BCUT2D eigenvalue weighted by Crippen LogP contribution is -2.38. The van der Waals surface area contributed by atoms with Crippen molar-refractivity contribution in [3.05, 3.63) is 82.0 Å². The summed E-state index contributed by atoms with van der Waals surface area (Å²) in [4.78, 5) is 32.2. The minimum absolute atomic E-state index is 0.120. The normalized spacial score (nSPS) is 16.4. The minimum atomic E-state index is -0.569. The Morgan fingerprint density at radius 2 is 1.87 bits per heavy atom. The summed E-state index contributed by atoms with van der Waals surface area (Å²) in [5.74, 6) is 0.467. The van der Waals surface area contributed by atoms with Crippen molar-refractivity contribution < 1.29 is 28.5 Å². The zero-order valence-electron chi connectivity index (χ0n) is 21.9. The van der Waals surface area contributed by atoms with Crippen molar-refractivity contribution >= 4 is 28.8 Å². The monoisotopic (exact) mass is 537 g/mol. The molecule has 0 radical (unpaired) electrons. The number of esters is 1. The predicted octanol–water partition coefficient (Wildman–Crippen LogP) is 4.17. The molecule has 200 valence electrons. The molecule has 0 spiro atoms. The molecule has 1 unspecified atom stereocenters. The fourth-order valence-corrected chi connectivity index (χ4v) is 5.25. The van der Waals surface area contributed by atoms with Crippen LogP contribution in [0.4, 0.5) is 0 Å². The van der Waals surface area contributed by atoms with E-state index in [9.17, 15) is 9.59 Å². The number of hydrogen-bond acceptors (Lipinski definition) is 9. The summed E-state index contributed by atoms with van der Waals surface area (Å²) < 4.78 is 21.9. The number of hydrogen-bond donors (Lipinski definition) is 1. The van der Waals surface area contributed by atoms with Crippen molar-refractivity contribution in [2.75, 3.05) is 34.5 Å². The van der Waals surface area contributed by atoms with Crippen LogP contribution in [0.25, 0.3) is 0 Å². The Morgan fingerprint density at radius 3 is 2.58 bits per heavy atom. The summed E-state index contributed by atoms with van der Waals surface area (Å²) in [6, 6.07) is 14.9. The molecule has 38 heavy (non-hydrogen) atoms. The van der Waals surface area contributed by atoms with Gasteiger partial charge in [0.2, 0.25) is 5.91 Å². The number of benzene rings is 2. The maximum atomic E-state index is 13.0. The van der Waals surface area contributed by atoms with E-state index in [-0.39, 0.29) is 12.3 Å². The van der Waals surface area contributed by atoms with Crippen LogP contribution in [-0.2, 0) is 25.7 Å². The smallest absolute Gasteiger partial charge is 0.338 e. The molecule has 1 amide bonds. The fraction of sp³-hybridized carbons (Fsp3) is 0.321. The van der Waals surface area contributed by atoms with Gasteiger partial charge in [0.25, 0.3) is 0 Å². The highest BCUT2D eigenvalue weighted by Gasteiger charge is 2.41. The molecule has 10 heteroatoms. The minimum Gasteiger partial charge on any atom is -0.493 e. The number of ether oxygens (including phenoxy) is 4. The predicted molar refractivity (Wildman–Crippen MR) is 146 cm³/mol. The Bertz CT molecular complexity index is 1270. The summed E-state index contributed by atoms with van der Waals surface area (Å²) in [6.45, 7) is 3.00. The molecule has 0 aliphatic carbocycles. The highest BCUT2D eigenvalue weighted by Crippen LogP contribution is 2.46. The van der Waals surface area contributed by atoms with Gasteiger partial charge in [0, 0.05) is 19.4 Å². The highest BCUT2D eigenvalue weighted by molar-refractivity contribution is 8.16. The van der Waals surface area contributed by atoms with Crippen molar-refractivity contribution in [1.29, 1.82) is 0 Å². The standard InChI is InChI=1S/C28H31N3O6S/c1-18-25(27(33)36-4)26(31-21(17-38-28(31)30-18)15-24(32)29-12-13-34-2)20-10-11-22(23(14-20)35-3)37-16-19-8-6-5-7-9-19/h5-11,14,17,26H,12-13,15-16H2,1-4H3,(H,29,32). The van der Waals surface area contributed by atoms with Crippen LogP contribution in [0.2, 0.25) is 0 Å². The van der Waals surface area contributed by atoms with Crippen LogP contribution in [0.5, 0.6) is 11.5 Å². The molecular weight excluding hydrogens is 506 g/mol. The van der Waals surface area contributed by atoms with Crippen LogP contribution in [0.15, 0.2) is 75.9 Å². The number of carbonyl (C=O) groups is 2. The first-order chi connectivity index (χ1) is 18.5. The third-order valence-electron chi connectivity index (χ3n) is 6.12. The summed E-state index contributed by atoms with van der Waals surface area (Å²) in [6.07, 6.45) is 0.120. The Kier molecular flexibility index (Phi) is 9.09. The van der Waals surface area contributed by atoms with Crippen molar-refractivity contribution in [2.24, 2.45) is 4.99 Å². The molecule has 0 fully saturated rings. The first kappa shape index (κ1) is 27.3. The second-order valence-corrected chi connectivity index (χ2v) is 9.43.